The van der Waals surface area contributed by atoms with Crippen LogP contribution in [-0.4, -0.2) is 32.2 Å². The number of hydrogen-bond acceptors (Lipinski definition) is 4. The molecule has 1 fully saturated rings. The number of thioether (sulfide) groups is 1. The third kappa shape index (κ3) is 4.21. The van der Waals surface area contributed by atoms with E-state index in [0.29, 0.717) is 0 Å². The van der Waals surface area contributed by atoms with Crippen molar-refractivity contribution in [2.24, 2.45) is 0 Å². The molecule has 0 spiro atoms. The number of nitrogens with zero attached hydrogens (tertiary/aromatic N) is 1. The van der Waals surface area contributed by atoms with Crippen molar-refractivity contribution in [3.05, 3.63) is 75.4 Å². The minimum Gasteiger partial charge on any atom is -0.480 e. The normalized spacial score (nSPS) is 16.8. The summed E-state index contributed by atoms with van der Waals surface area (Å²) >= 11 is 12.2. The summed E-state index contributed by atoms with van der Waals surface area (Å²) in [5.74, 6) is -2.32. The molecule has 0 bridgehead atoms. The van der Waals surface area contributed by atoms with Gasteiger partial charge in [-0.2, -0.15) is 0 Å². The Morgan fingerprint density at radius 2 is 1.96 bits per heavy atom. The Balaban J connectivity index is 1.92. The lowest BCUT2D eigenvalue weighted by molar-refractivity contribution is -0.145. The van der Waals surface area contributed by atoms with Crippen molar-refractivity contribution in [1.82, 2.24) is 4.90 Å². The van der Waals surface area contributed by atoms with E-state index in [1.165, 1.54) is 24.3 Å². The van der Waals surface area contributed by atoms with Crippen LogP contribution in [0.4, 0.5) is 4.39 Å². The summed E-state index contributed by atoms with van der Waals surface area (Å²) in [4.78, 5) is 25.8. The number of carbonyl (C=O) groups is 2. The number of halogens is 2. The second-order valence-electron chi connectivity index (χ2n) is 5.73. The van der Waals surface area contributed by atoms with Crippen LogP contribution in [0.15, 0.2) is 53.4 Å². The highest BCUT2D eigenvalue weighted by molar-refractivity contribution is 8.26. The van der Waals surface area contributed by atoms with Crippen LogP contribution in [0.1, 0.15) is 11.1 Å². The second-order valence-corrected chi connectivity index (χ2v) is 7.81. The fourth-order valence-corrected chi connectivity index (χ4v) is 4.21. The van der Waals surface area contributed by atoms with Gasteiger partial charge in [-0.3, -0.25) is 9.69 Å². The van der Waals surface area contributed by atoms with E-state index in [1.807, 2.05) is 6.07 Å². The van der Waals surface area contributed by atoms with Gasteiger partial charge in [0.15, 0.2) is 0 Å². The van der Waals surface area contributed by atoms with Gasteiger partial charge in [0.05, 0.1) is 9.93 Å². The number of carboxylic acids is 1. The standard InChI is InChI=1S/C19H13ClFNO3S2/c20-13-7-4-8-14(21)12(13)10-16-17(23)22(19(26)27-16)15(18(24)25)9-11-5-2-1-3-6-11/h1-8,10,15H,9H2,(H,24,25)/b16-10-. The highest BCUT2D eigenvalue weighted by Gasteiger charge is 2.40. The zero-order chi connectivity index (χ0) is 19.6. The molecule has 1 aliphatic heterocycles. The lowest BCUT2D eigenvalue weighted by atomic mass is 10.0. The van der Waals surface area contributed by atoms with E-state index in [2.05, 4.69) is 0 Å². The number of aliphatic carboxylic acids is 1. The van der Waals surface area contributed by atoms with Crippen molar-refractivity contribution in [3.8, 4) is 0 Å². The predicted molar refractivity (Wildman–Crippen MR) is 108 cm³/mol. The first kappa shape index (κ1) is 19.5. The Morgan fingerprint density at radius 3 is 2.59 bits per heavy atom. The van der Waals surface area contributed by atoms with E-state index in [4.69, 9.17) is 23.8 Å². The molecule has 27 heavy (non-hydrogen) atoms. The zero-order valence-electron chi connectivity index (χ0n) is 13.8. The fraction of sp³-hybridized carbons (Fsp3) is 0.105. The Bertz CT molecular complexity index is 929. The van der Waals surface area contributed by atoms with Crippen LogP contribution in [0, 0.1) is 5.82 Å². The van der Waals surface area contributed by atoms with Crippen LogP contribution in [-0.2, 0) is 16.0 Å². The van der Waals surface area contributed by atoms with E-state index < -0.39 is 23.7 Å². The van der Waals surface area contributed by atoms with Gasteiger partial charge in [0.1, 0.15) is 16.2 Å². The molecule has 0 radical (unpaired) electrons. The maximum absolute atomic E-state index is 14.0. The summed E-state index contributed by atoms with van der Waals surface area (Å²) in [5, 5.41) is 9.78. The Morgan fingerprint density at radius 1 is 1.26 bits per heavy atom. The molecule has 1 aliphatic rings. The van der Waals surface area contributed by atoms with Crippen molar-refractivity contribution in [1.29, 1.82) is 0 Å². The molecule has 1 unspecified atom stereocenters. The first-order valence-electron chi connectivity index (χ1n) is 7.86. The second kappa shape index (κ2) is 8.21. The van der Waals surface area contributed by atoms with Crippen LogP contribution in [0.5, 0.6) is 0 Å². The summed E-state index contributed by atoms with van der Waals surface area (Å²) in [6.45, 7) is 0. The van der Waals surface area contributed by atoms with Crippen LogP contribution < -0.4 is 0 Å². The molecule has 0 saturated carbocycles. The third-order valence-corrected chi connectivity index (χ3v) is 5.63. The van der Waals surface area contributed by atoms with Gasteiger partial charge in [0, 0.05) is 12.0 Å². The molecular formula is C19H13ClFNO3S2. The van der Waals surface area contributed by atoms with Gasteiger partial charge < -0.3 is 5.11 Å². The average molecular weight is 422 g/mol. The molecule has 1 N–H and O–H groups in total. The quantitative estimate of drug-likeness (QED) is 0.573. The predicted octanol–water partition coefficient (Wildman–Crippen LogP) is 4.38. The van der Waals surface area contributed by atoms with Crippen molar-refractivity contribution < 1.29 is 19.1 Å². The minimum absolute atomic E-state index is 0.0644. The van der Waals surface area contributed by atoms with Crippen LogP contribution in [0.2, 0.25) is 5.02 Å². The van der Waals surface area contributed by atoms with Crippen molar-refractivity contribution in [2.45, 2.75) is 12.5 Å². The molecule has 138 valence electrons. The molecule has 0 aromatic heterocycles. The number of hydrogen-bond donors (Lipinski definition) is 1. The van der Waals surface area contributed by atoms with Crippen molar-refractivity contribution in [2.75, 3.05) is 0 Å². The highest BCUT2D eigenvalue weighted by Crippen LogP contribution is 2.36. The average Bonchev–Trinajstić information content (AvgIpc) is 2.90. The third-order valence-electron chi connectivity index (χ3n) is 3.97. The maximum atomic E-state index is 14.0. The largest absolute Gasteiger partial charge is 0.480 e. The monoisotopic (exact) mass is 421 g/mol. The first-order valence-corrected chi connectivity index (χ1v) is 9.46. The van der Waals surface area contributed by atoms with E-state index in [9.17, 15) is 19.1 Å². The Hall–Kier alpha value is -2.22. The Labute approximate surface area is 169 Å². The SMILES string of the molecule is O=C(O)C(Cc1ccccc1)N1C(=O)/C(=C/c2c(F)cccc2Cl)SC1=S. The smallest absolute Gasteiger partial charge is 0.327 e. The van der Waals surface area contributed by atoms with Crippen molar-refractivity contribution in [3.63, 3.8) is 0 Å². The van der Waals surface area contributed by atoms with Crippen LogP contribution >= 0.6 is 35.6 Å². The van der Waals surface area contributed by atoms with Gasteiger partial charge >= 0.3 is 5.97 Å². The number of thiocarbonyl (C=S) groups is 1. The summed E-state index contributed by atoms with van der Waals surface area (Å²) in [6.07, 6.45) is 1.41. The number of carboxylic acid groups (broad SMARTS) is 1. The molecule has 1 amide bonds. The summed E-state index contributed by atoms with van der Waals surface area (Å²) in [6, 6.07) is 12.0. The summed E-state index contributed by atoms with van der Waals surface area (Å²) in [5.41, 5.74) is 0.828. The molecular weight excluding hydrogens is 409 g/mol. The molecule has 4 nitrogen and oxygen atoms in total. The summed E-state index contributed by atoms with van der Waals surface area (Å²) in [7, 11) is 0. The Kier molecular flexibility index (Phi) is 5.94. The molecule has 1 heterocycles. The number of carbonyl (C=O) groups excluding carboxylic acids is 1. The molecule has 1 atom stereocenters. The number of benzene rings is 2. The van der Waals surface area contributed by atoms with Gasteiger partial charge in [-0.1, -0.05) is 72.0 Å². The topological polar surface area (TPSA) is 57.6 Å². The van der Waals surface area contributed by atoms with Crippen molar-refractivity contribution >= 4 is 57.9 Å². The molecule has 3 rings (SSSR count). The van der Waals surface area contributed by atoms with E-state index in [1.54, 1.807) is 24.3 Å². The number of rotatable bonds is 5. The van der Waals surface area contributed by atoms with Gasteiger partial charge in [0.25, 0.3) is 5.91 Å². The lowest BCUT2D eigenvalue weighted by Crippen LogP contribution is -2.45. The first-order chi connectivity index (χ1) is 12.9. The van der Waals surface area contributed by atoms with Gasteiger partial charge in [0.2, 0.25) is 0 Å². The highest BCUT2D eigenvalue weighted by atomic mass is 35.5. The molecule has 8 heteroatoms. The zero-order valence-corrected chi connectivity index (χ0v) is 16.2. The molecule has 2 aromatic carbocycles. The van der Waals surface area contributed by atoms with E-state index in [-0.39, 0.29) is 26.2 Å². The van der Waals surface area contributed by atoms with E-state index >= 15 is 0 Å². The van der Waals surface area contributed by atoms with Gasteiger partial charge in [-0.25, -0.2) is 9.18 Å². The lowest BCUT2D eigenvalue weighted by Gasteiger charge is -2.23. The van der Waals surface area contributed by atoms with Crippen LogP contribution in [0.3, 0.4) is 0 Å². The number of amides is 1. The molecule has 1 saturated heterocycles. The summed E-state index contributed by atoms with van der Waals surface area (Å²) < 4.78 is 14.1. The van der Waals surface area contributed by atoms with E-state index in [0.717, 1.165) is 22.2 Å². The fourth-order valence-electron chi connectivity index (χ4n) is 2.65. The van der Waals surface area contributed by atoms with Gasteiger partial charge in [-0.05, 0) is 23.8 Å². The molecule has 0 aliphatic carbocycles. The van der Waals surface area contributed by atoms with Crippen LogP contribution in [0.25, 0.3) is 6.08 Å². The van der Waals surface area contributed by atoms with Gasteiger partial charge in [-0.15, -0.1) is 0 Å². The maximum Gasteiger partial charge on any atom is 0.327 e. The molecule has 2 aromatic rings. The minimum atomic E-state index is -1.17.